The number of esters is 1. The van der Waals surface area contributed by atoms with Crippen LogP contribution in [0.2, 0.25) is 0 Å². The van der Waals surface area contributed by atoms with Gasteiger partial charge in [-0.1, -0.05) is 25.1 Å². The Labute approximate surface area is 191 Å². The van der Waals surface area contributed by atoms with Gasteiger partial charge in [0.05, 0.1) is 23.2 Å². The highest BCUT2D eigenvalue weighted by Crippen LogP contribution is 2.19. The number of piperidine rings is 1. The molecular formula is C20H32IN3O4S. The third-order valence-corrected chi connectivity index (χ3v) is 6.81. The molecule has 0 amide bonds. The van der Waals surface area contributed by atoms with E-state index < -0.39 is 9.84 Å². The molecule has 1 aromatic rings. The molecule has 1 aromatic carbocycles. The van der Waals surface area contributed by atoms with Gasteiger partial charge in [0.1, 0.15) is 0 Å². The van der Waals surface area contributed by atoms with E-state index in [9.17, 15) is 13.2 Å². The van der Waals surface area contributed by atoms with E-state index in [1.54, 1.807) is 37.4 Å². The zero-order valence-electron chi connectivity index (χ0n) is 17.3. The Morgan fingerprint density at radius 3 is 2.38 bits per heavy atom. The Bertz CT molecular complexity index is 763. The molecule has 0 radical (unpaired) electrons. The average molecular weight is 537 g/mol. The number of aliphatic imine (C=N–C) groups is 1. The van der Waals surface area contributed by atoms with Gasteiger partial charge >= 0.3 is 5.97 Å². The molecule has 1 aliphatic rings. The van der Waals surface area contributed by atoms with Gasteiger partial charge in [0.2, 0.25) is 0 Å². The number of guanidine groups is 1. The van der Waals surface area contributed by atoms with Crippen LogP contribution in [0, 0.1) is 5.92 Å². The van der Waals surface area contributed by atoms with E-state index in [0.29, 0.717) is 49.8 Å². The summed E-state index contributed by atoms with van der Waals surface area (Å²) in [7, 11) is -1.69. The van der Waals surface area contributed by atoms with Gasteiger partial charge in [0.25, 0.3) is 0 Å². The minimum Gasteiger partial charge on any atom is -0.466 e. The third-order valence-electron chi connectivity index (χ3n) is 4.98. The number of carbonyl (C=O) groups is 1. The van der Waals surface area contributed by atoms with Crippen molar-refractivity contribution in [1.82, 2.24) is 10.2 Å². The molecule has 164 valence electrons. The maximum Gasteiger partial charge on any atom is 0.309 e. The highest BCUT2D eigenvalue weighted by molar-refractivity contribution is 14.0. The number of sulfone groups is 1. The highest BCUT2D eigenvalue weighted by Gasteiger charge is 2.28. The molecule has 0 aromatic heterocycles. The van der Waals surface area contributed by atoms with Gasteiger partial charge in [-0.05, 0) is 38.3 Å². The molecule has 9 heteroatoms. The molecule has 1 atom stereocenters. The summed E-state index contributed by atoms with van der Waals surface area (Å²) >= 11 is 0. The first kappa shape index (κ1) is 25.7. The number of ether oxygens (including phenoxy) is 1. The predicted octanol–water partition coefficient (Wildman–Crippen LogP) is 2.71. The van der Waals surface area contributed by atoms with Crippen LogP contribution < -0.4 is 5.32 Å². The van der Waals surface area contributed by atoms with Crippen molar-refractivity contribution in [3.8, 4) is 0 Å². The summed E-state index contributed by atoms with van der Waals surface area (Å²) in [6.45, 7) is 5.54. The minimum absolute atomic E-state index is 0. The monoisotopic (exact) mass is 537 g/mol. The second-order valence-corrected chi connectivity index (χ2v) is 8.94. The van der Waals surface area contributed by atoms with Crippen molar-refractivity contribution >= 4 is 45.7 Å². The second kappa shape index (κ2) is 12.4. The lowest BCUT2D eigenvalue weighted by atomic mass is 9.97. The molecule has 1 N–H and O–H groups in total. The van der Waals surface area contributed by atoms with E-state index in [0.717, 1.165) is 0 Å². The summed E-state index contributed by atoms with van der Waals surface area (Å²) in [4.78, 5) is 18.6. The summed E-state index contributed by atoms with van der Waals surface area (Å²) in [6, 6.07) is 8.26. The Morgan fingerprint density at radius 1 is 1.24 bits per heavy atom. The first-order valence-electron chi connectivity index (χ1n) is 9.84. The molecule has 0 aliphatic carbocycles. The Morgan fingerprint density at radius 2 is 1.86 bits per heavy atom. The lowest BCUT2D eigenvalue weighted by molar-refractivity contribution is -0.149. The van der Waals surface area contributed by atoms with Crippen LogP contribution in [-0.2, 0) is 19.4 Å². The number of carbonyl (C=O) groups excluding carboxylic acids is 1. The second-order valence-electron chi connectivity index (χ2n) is 6.90. The van der Waals surface area contributed by atoms with Crippen molar-refractivity contribution in [3.63, 3.8) is 0 Å². The first-order chi connectivity index (χ1) is 13.4. The van der Waals surface area contributed by atoms with Crippen molar-refractivity contribution in [3.05, 3.63) is 30.3 Å². The van der Waals surface area contributed by atoms with Crippen LogP contribution in [-0.4, -0.2) is 63.8 Å². The Balaban J connectivity index is 0.00000420. The van der Waals surface area contributed by atoms with Crippen LogP contribution in [0.25, 0.3) is 0 Å². The maximum atomic E-state index is 12.7. The summed E-state index contributed by atoms with van der Waals surface area (Å²) < 4.78 is 30.5. The fourth-order valence-electron chi connectivity index (χ4n) is 3.32. The number of rotatable bonds is 7. The molecule has 2 rings (SSSR count). The lowest BCUT2D eigenvalue weighted by Crippen LogP contribution is -2.51. The Kier molecular flexibility index (Phi) is 10.9. The summed E-state index contributed by atoms with van der Waals surface area (Å²) in [5.74, 6) is 0.476. The molecule has 7 nitrogen and oxygen atoms in total. The molecule has 1 unspecified atom stereocenters. The average Bonchev–Trinajstić information content (AvgIpc) is 2.72. The van der Waals surface area contributed by atoms with Crippen molar-refractivity contribution in [2.75, 3.05) is 32.5 Å². The van der Waals surface area contributed by atoms with E-state index in [4.69, 9.17) is 4.74 Å². The van der Waals surface area contributed by atoms with E-state index in [1.165, 1.54) is 0 Å². The minimum atomic E-state index is -3.38. The van der Waals surface area contributed by atoms with E-state index >= 15 is 0 Å². The van der Waals surface area contributed by atoms with Gasteiger partial charge in [0, 0.05) is 26.2 Å². The van der Waals surface area contributed by atoms with Crippen LogP contribution in [0.3, 0.4) is 0 Å². The summed E-state index contributed by atoms with van der Waals surface area (Å²) in [6.07, 6.45) is 2.07. The van der Waals surface area contributed by atoms with Gasteiger partial charge in [0.15, 0.2) is 15.8 Å². The SMILES string of the molecule is CCOC(=O)C1CCN(C(=NC)NC(CC)CS(=O)(=O)c2ccccc2)CC1.I. The van der Waals surface area contributed by atoms with Crippen LogP contribution in [0.15, 0.2) is 40.2 Å². The topological polar surface area (TPSA) is 88.1 Å². The van der Waals surface area contributed by atoms with Crippen LogP contribution in [0.5, 0.6) is 0 Å². The summed E-state index contributed by atoms with van der Waals surface area (Å²) in [5, 5.41) is 3.30. The van der Waals surface area contributed by atoms with Gasteiger partial charge in [-0.3, -0.25) is 9.79 Å². The number of halogens is 1. The lowest BCUT2D eigenvalue weighted by Gasteiger charge is -2.34. The van der Waals surface area contributed by atoms with Gasteiger partial charge in [-0.2, -0.15) is 0 Å². The molecule has 0 bridgehead atoms. The molecule has 0 spiro atoms. The smallest absolute Gasteiger partial charge is 0.309 e. The van der Waals surface area contributed by atoms with E-state index in [-0.39, 0.29) is 47.7 Å². The number of hydrogen-bond donors (Lipinski definition) is 1. The standard InChI is InChI=1S/C20H31N3O4S.HI/c1-4-17(15-28(25,26)18-9-7-6-8-10-18)22-20(21-3)23-13-11-16(12-14-23)19(24)27-5-2;/h6-10,16-17H,4-5,11-15H2,1-3H3,(H,21,22);1H. The van der Waals surface area contributed by atoms with E-state index in [2.05, 4.69) is 15.2 Å². The zero-order chi connectivity index (χ0) is 20.6. The molecule has 0 saturated carbocycles. The van der Waals surface area contributed by atoms with Crippen molar-refractivity contribution < 1.29 is 17.9 Å². The Hall–Kier alpha value is -1.36. The normalized spacial score (nSPS) is 16.7. The molecule has 1 fully saturated rings. The zero-order valence-corrected chi connectivity index (χ0v) is 20.5. The largest absolute Gasteiger partial charge is 0.466 e. The number of likely N-dealkylation sites (tertiary alicyclic amines) is 1. The quantitative estimate of drug-likeness (QED) is 0.249. The van der Waals surface area contributed by atoms with Crippen LogP contribution in [0.4, 0.5) is 0 Å². The van der Waals surface area contributed by atoms with Crippen molar-refractivity contribution in [2.45, 2.75) is 44.0 Å². The van der Waals surface area contributed by atoms with Crippen LogP contribution >= 0.6 is 24.0 Å². The van der Waals surface area contributed by atoms with E-state index in [1.807, 2.05) is 13.8 Å². The fraction of sp³-hybridized carbons (Fsp3) is 0.600. The molecule has 1 saturated heterocycles. The van der Waals surface area contributed by atoms with Gasteiger partial charge in [-0.25, -0.2) is 8.42 Å². The van der Waals surface area contributed by atoms with Crippen molar-refractivity contribution in [1.29, 1.82) is 0 Å². The van der Waals surface area contributed by atoms with Crippen molar-refractivity contribution in [2.24, 2.45) is 10.9 Å². The van der Waals surface area contributed by atoms with Crippen LogP contribution in [0.1, 0.15) is 33.1 Å². The predicted molar refractivity (Wildman–Crippen MR) is 125 cm³/mol. The number of nitrogens with one attached hydrogen (secondary N) is 1. The van der Waals surface area contributed by atoms with Gasteiger partial charge < -0.3 is 15.0 Å². The van der Waals surface area contributed by atoms with Gasteiger partial charge in [-0.15, -0.1) is 24.0 Å². The molecule has 1 aliphatic heterocycles. The number of nitrogens with zero attached hydrogens (tertiary/aromatic N) is 2. The summed E-state index contributed by atoms with van der Waals surface area (Å²) in [5.41, 5.74) is 0. The molecular weight excluding hydrogens is 505 g/mol. The molecule has 29 heavy (non-hydrogen) atoms. The fourth-order valence-corrected chi connectivity index (χ4v) is 4.93. The first-order valence-corrected chi connectivity index (χ1v) is 11.5. The maximum absolute atomic E-state index is 12.7. The highest BCUT2D eigenvalue weighted by atomic mass is 127. The third kappa shape index (κ3) is 7.44. The number of benzene rings is 1. The molecule has 1 heterocycles. The number of hydrogen-bond acceptors (Lipinski definition) is 5.